The molecule has 1 N–H and O–H groups in total. The molecule has 1 amide bonds. The number of carbonyl (C=O) groups is 1. The predicted octanol–water partition coefficient (Wildman–Crippen LogP) is 7.42. The van der Waals surface area contributed by atoms with Gasteiger partial charge in [-0.25, -0.2) is 5.43 Å². The minimum atomic E-state index is -0.381. The van der Waals surface area contributed by atoms with Crippen LogP contribution in [0.1, 0.15) is 34.0 Å². The Morgan fingerprint density at radius 3 is 2.42 bits per heavy atom. The largest absolute Gasteiger partial charge is 0.490 e. The Balaban J connectivity index is 1.43. The highest BCUT2D eigenvalue weighted by molar-refractivity contribution is 9.10. The van der Waals surface area contributed by atoms with Crippen molar-refractivity contribution in [2.75, 3.05) is 6.61 Å². The fraction of sp³-hybridized carbons (Fsp3) is 0.133. The van der Waals surface area contributed by atoms with Crippen molar-refractivity contribution in [3.63, 3.8) is 0 Å². The molecule has 0 bridgehead atoms. The van der Waals surface area contributed by atoms with Crippen LogP contribution in [0.15, 0.2) is 101 Å². The van der Waals surface area contributed by atoms with Crippen LogP contribution in [0, 0.1) is 0 Å². The molecule has 38 heavy (non-hydrogen) atoms. The summed E-state index contributed by atoms with van der Waals surface area (Å²) in [6.07, 6.45) is 1.54. The highest BCUT2D eigenvalue weighted by Gasteiger charge is 2.14. The molecule has 6 nitrogen and oxygen atoms in total. The summed E-state index contributed by atoms with van der Waals surface area (Å²) in [4.78, 5) is 12.8. The standard InChI is InChI=1S/C30H26BrClN2O4/c1-2-36-28-17-22(16-25(31)29(28)38-20-23-12-6-8-14-26(23)32)18-33-34-30(35)24-13-7-9-15-27(24)37-19-21-10-4-3-5-11-21/h3-18H,2,19-20H2,1H3,(H,34,35)/b33-18-. The van der Waals surface area contributed by atoms with E-state index in [2.05, 4.69) is 26.5 Å². The fourth-order valence-electron chi connectivity index (χ4n) is 3.57. The summed E-state index contributed by atoms with van der Waals surface area (Å²) in [6, 6.07) is 28.0. The SMILES string of the molecule is CCOc1cc(/C=N\NC(=O)c2ccccc2OCc2ccccc2)cc(Br)c1OCc1ccccc1Cl. The van der Waals surface area contributed by atoms with Crippen molar-refractivity contribution in [3.05, 3.63) is 123 Å². The van der Waals surface area contributed by atoms with Crippen molar-refractivity contribution < 1.29 is 19.0 Å². The first kappa shape index (κ1) is 27.2. The molecule has 0 unspecified atom stereocenters. The lowest BCUT2D eigenvalue weighted by Crippen LogP contribution is -2.18. The van der Waals surface area contributed by atoms with Crippen LogP contribution in [0.2, 0.25) is 5.02 Å². The number of nitrogens with one attached hydrogen (secondary N) is 1. The van der Waals surface area contributed by atoms with Gasteiger partial charge >= 0.3 is 0 Å². The quantitative estimate of drug-likeness (QED) is 0.145. The molecule has 4 rings (SSSR count). The molecular weight excluding hydrogens is 568 g/mol. The van der Waals surface area contributed by atoms with Crippen molar-refractivity contribution in [1.82, 2.24) is 5.43 Å². The Kier molecular flexibility index (Phi) is 9.78. The summed E-state index contributed by atoms with van der Waals surface area (Å²) in [6.45, 7) is 2.98. The minimum absolute atomic E-state index is 0.285. The van der Waals surface area contributed by atoms with Gasteiger partial charge < -0.3 is 14.2 Å². The van der Waals surface area contributed by atoms with Gasteiger partial charge in [0.15, 0.2) is 11.5 Å². The lowest BCUT2D eigenvalue weighted by molar-refractivity contribution is 0.0950. The lowest BCUT2D eigenvalue weighted by atomic mass is 10.2. The second-order valence-corrected chi connectivity index (χ2v) is 9.37. The topological polar surface area (TPSA) is 69.2 Å². The molecule has 0 aliphatic heterocycles. The molecule has 194 valence electrons. The zero-order valence-corrected chi connectivity index (χ0v) is 23.0. The maximum Gasteiger partial charge on any atom is 0.275 e. The van der Waals surface area contributed by atoms with Crippen molar-refractivity contribution in [2.24, 2.45) is 5.10 Å². The number of nitrogens with zero attached hydrogens (tertiary/aromatic N) is 1. The van der Waals surface area contributed by atoms with E-state index in [-0.39, 0.29) is 12.5 Å². The summed E-state index contributed by atoms with van der Waals surface area (Å²) in [5.74, 6) is 1.19. The van der Waals surface area contributed by atoms with Crippen molar-refractivity contribution in [3.8, 4) is 17.2 Å². The number of hydrogen-bond acceptors (Lipinski definition) is 5. The second kappa shape index (κ2) is 13.7. The Labute approximate surface area is 235 Å². The van der Waals surface area contributed by atoms with Crippen LogP contribution < -0.4 is 19.6 Å². The molecule has 0 aliphatic rings. The van der Waals surface area contributed by atoms with Gasteiger partial charge in [0.05, 0.1) is 22.9 Å². The van der Waals surface area contributed by atoms with Gasteiger partial charge in [0.1, 0.15) is 19.0 Å². The second-order valence-electron chi connectivity index (χ2n) is 8.11. The summed E-state index contributed by atoms with van der Waals surface area (Å²) in [5, 5.41) is 4.77. The number of benzene rings is 4. The highest BCUT2D eigenvalue weighted by Crippen LogP contribution is 2.37. The van der Waals surface area contributed by atoms with Gasteiger partial charge in [0, 0.05) is 10.6 Å². The first-order valence-electron chi connectivity index (χ1n) is 12.0. The van der Waals surface area contributed by atoms with Crippen LogP contribution in [0.25, 0.3) is 0 Å². The first-order chi connectivity index (χ1) is 18.5. The number of ether oxygens (including phenoxy) is 3. The Morgan fingerprint density at radius 2 is 1.63 bits per heavy atom. The third-order valence-electron chi connectivity index (χ3n) is 5.41. The Hall–Kier alpha value is -3.81. The molecule has 4 aromatic carbocycles. The van der Waals surface area contributed by atoms with E-state index in [1.807, 2.05) is 73.7 Å². The number of amides is 1. The maximum atomic E-state index is 12.8. The number of para-hydroxylation sites is 1. The van der Waals surface area contributed by atoms with E-state index in [1.165, 1.54) is 6.21 Å². The molecule has 0 aromatic heterocycles. The number of hydrazone groups is 1. The van der Waals surface area contributed by atoms with Crippen LogP contribution >= 0.6 is 27.5 Å². The molecule has 0 heterocycles. The van der Waals surface area contributed by atoms with Gasteiger partial charge in [-0.3, -0.25) is 4.79 Å². The lowest BCUT2D eigenvalue weighted by Gasteiger charge is -2.15. The van der Waals surface area contributed by atoms with Crippen LogP contribution in [0.5, 0.6) is 17.2 Å². The van der Waals surface area contributed by atoms with Crippen molar-refractivity contribution in [1.29, 1.82) is 0 Å². The monoisotopic (exact) mass is 592 g/mol. The first-order valence-corrected chi connectivity index (χ1v) is 13.1. The van der Waals surface area contributed by atoms with E-state index in [0.717, 1.165) is 11.1 Å². The normalized spacial score (nSPS) is 10.8. The molecule has 0 saturated heterocycles. The molecule has 0 fully saturated rings. The van der Waals surface area contributed by atoms with Gasteiger partial charge in [0.2, 0.25) is 0 Å². The third-order valence-corrected chi connectivity index (χ3v) is 6.37. The molecule has 0 atom stereocenters. The van der Waals surface area contributed by atoms with Crippen LogP contribution in [-0.2, 0) is 13.2 Å². The summed E-state index contributed by atoms with van der Waals surface area (Å²) < 4.78 is 18.4. The number of carbonyl (C=O) groups excluding carboxylic acids is 1. The molecule has 8 heteroatoms. The van der Waals surface area contributed by atoms with E-state index in [0.29, 0.717) is 51.1 Å². The third kappa shape index (κ3) is 7.37. The summed E-state index contributed by atoms with van der Waals surface area (Å²) >= 11 is 9.82. The summed E-state index contributed by atoms with van der Waals surface area (Å²) in [5.41, 5.74) is 5.55. The van der Waals surface area contributed by atoms with E-state index in [1.54, 1.807) is 24.3 Å². The maximum absolute atomic E-state index is 12.8. The number of halogens is 2. The Morgan fingerprint density at radius 1 is 0.895 bits per heavy atom. The van der Waals surface area contributed by atoms with Gasteiger partial charge in [-0.2, -0.15) is 5.10 Å². The van der Waals surface area contributed by atoms with Crippen LogP contribution in [0.4, 0.5) is 0 Å². The molecule has 0 saturated carbocycles. The van der Waals surface area contributed by atoms with E-state index in [4.69, 9.17) is 25.8 Å². The van der Waals surface area contributed by atoms with Crippen molar-refractivity contribution in [2.45, 2.75) is 20.1 Å². The average molecular weight is 594 g/mol. The number of hydrogen-bond donors (Lipinski definition) is 1. The minimum Gasteiger partial charge on any atom is -0.490 e. The fourth-order valence-corrected chi connectivity index (χ4v) is 4.34. The molecule has 0 radical (unpaired) electrons. The zero-order chi connectivity index (χ0) is 26.7. The predicted molar refractivity (Wildman–Crippen MR) is 153 cm³/mol. The Bertz CT molecular complexity index is 1410. The summed E-state index contributed by atoms with van der Waals surface area (Å²) in [7, 11) is 0. The van der Waals surface area contributed by atoms with E-state index < -0.39 is 0 Å². The molecule has 4 aromatic rings. The van der Waals surface area contributed by atoms with Gasteiger partial charge in [-0.05, 0) is 64.3 Å². The van der Waals surface area contributed by atoms with Gasteiger partial charge in [-0.1, -0.05) is 72.3 Å². The molecule has 0 aliphatic carbocycles. The van der Waals surface area contributed by atoms with Crippen LogP contribution in [-0.4, -0.2) is 18.7 Å². The van der Waals surface area contributed by atoms with Crippen molar-refractivity contribution >= 4 is 39.7 Å². The van der Waals surface area contributed by atoms with E-state index in [9.17, 15) is 4.79 Å². The van der Waals surface area contributed by atoms with E-state index >= 15 is 0 Å². The van der Waals surface area contributed by atoms with Gasteiger partial charge in [0.25, 0.3) is 5.91 Å². The van der Waals surface area contributed by atoms with Crippen LogP contribution in [0.3, 0.4) is 0 Å². The molecule has 0 spiro atoms. The zero-order valence-electron chi connectivity index (χ0n) is 20.7. The average Bonchev–Trinajstić information content (AvgIpc) is 2.93. The van der Waals surface area contributed by atoms with Gasteiger partial charge in [-0.15, -0.1) is 0 Å². The molecular formula is C30H26BrClN2O4. The highest BCUT2D eigenvalue weighted by atomic mass is 79.9. The smallest absolute Gasteiger partial charge is 0.275 e. The number of rotatable bonds is 11.